The number of hydrogen-bond donors (Lipinski definition) is 0. The average molecular weight is 275 g/mol. The first-order chi connectivity index (χ1) is 9.69. The molecule has 20 heavy (non-hydrogen) atoms. The molecule has 4 nitrogen and oxygen atoms in total. The Labute approximate surface area is 119 Å². The van der Waals surface area contributed by atoms with Gasteiger partial charge in [-0.3, -0.25) is 0 Å². The van der Waals surface area contributed by atoms with Crippen LogP contribution in [0.15, 0.2) is 28.8 Å². The molecule has 1 aromatic carbocycles. The molecule has 0 saturated heterocycles. The Hall–Kier alpha value is -1.97. The monoisotopic (exact) mass is 275 g/mol. The van der Waals surface area contributed by atoms with Crippen LogP contribution in [0.3, 0.4) is 0 Å². The van der Waals surface area contributed by atoms with Crippen LogP contribution >= 0.6 is 0 Å². The number of benzene rings is 1. The van der Waals surface area contributed by atoms with Crippen LogP contribution in [0.25, 0.3) is 11.3 Å². The number of hydrogen-bond acceptors (Lipinski definition) is 4. The van der Waals surface area contributed by atoms with E-state index < -0.39 is 0 Å². The van der Waals surface area contributed by atoms with Gasteiger partial charge < -0.3 is 14.0 Å². The van der Waals surface area contributed by atoms with Crippen LogP contribution < -0.4 is 9.47 Å². The van der Waals surface area contributed by atoms with Gasteiger partial charge in [-0.1, -0.05) is 31.5 Å². The highest BCUT2D eigenvalue weighted by atomic mass is 16.5. The van der Waals surface area contributed by atoms with Crippen molar-refractivity contribution in [3.05, 3.63) is 30.0 Å². The molecule has 0 aliphatic rings. The van der Waals surface area contributed by atoms with Crippen molar-refractivity contribution in [2.24, 2.45) is 5.92 Å². The van der Waals surface area contributed by atoms with Gasteiger partial charge in [-0.25, -0.2) is 0 Å². The van der Waals surface area contributed by atoms with E-state index in [-0.39, 0.29) is 0 Å². The van der Waals surface area contributed by atoms with Crippen molar-refractivity contribution in [1.82, 2.24) is 5.16 Å². The molecule has 2 rings (SSSR count). The number of methoxy groups -OCH3 is 2. The zero-order chi connectivity index (χ0) is 14.5. The van der Waals surface area contributed by atoms with Gasteiger partial charge in [0, 0.05) is 18.1 Å². The highest BCUT2D eigenvalue weighted by Gasteiger charge is 2.16. The molecule has 108 valence electrons. The molecular weight excluding hydrogens is 254 g/mol. The van der Waals surface area contributed by atoms with E-state index in [1.807, 2.05) is 24.3 Å². The van der Waals surface area contributed by atoms with Crippen molar-refractivity contribution >= 4 is 0 Å². The van der Waals surface area contributed by atoms with Gasteiger partial charge in [-0.05, 0) is 18.1 Å². The highest BCUT2D eigenvalue weighted by molar-refractivity contribution is 5.71. The van der Waals surface area contributed by atoms with Crippen LogP contribution in [0.4, 0.5) is 0 Å². The summed E-state index contributed by atoms with van der Waals surface area (Å²) in [5.74, 6) is 2.86. The fourth-order valence-corrected chi connectivity index (χ4v) is 2.11. The number of aromatic nitrogens is 1. The molecule has 0 bridgehead atoms. The summed E-state index contributed by atoms with van der Waals surface area (Å²) in [4.78, 5) is 0. The third-order valence-electron chi connectivity index (χ3n) is 3.48. The number of ether oxygens (including phenoxy) is 2. The van der Waals surface area contributed by atoms with E-state index in [1.165, 1.54) is 0 Å². The smallest absolute Gasteiger partial charge is 0.170 e. The van der Waals surface area contributed by atoms with Crippen molar-refractivity contribution in [2.45, 2.75) is 26.7 Å². The minimum absolute atomic E-state index is 0.586. The van der Waals surface area contributed by atoms with E-state index in [2.05, 4.69) is 19.0 Å². The maximum Gasteiger partial charge on any atom is 0.170 e. The van der Waals surface area contributed by atoms with Gasteiger partial charge >= 0.3 is 0 Å². The number of nitrogens with zero attached hydrogens (tertiary/aromatic N) is 1. The topological polar surface area (TPSA) is 44.5 Å². The SMILES string of the molecule is CCC(C)Cc1cc(-c2cccc(OC)c2OC)no1. The van der Waals surface area contributed by atoms with Crippen molar-refractivity contribution in [1.29, 1.82) is 0 Å². The Morgan fingerprint density at radius 1 is 1.25 bits per heavy atom. The predicted molar refractivity (Wildman–Crippen MR) is 78.2 cm³/mol. The Morgan fingerprint density at radius 3 is 2.70 bits per heavy atom. The fraction of sp³-hybridized carbons (Fsp3) is 0.438. The number of para-hydroxylation sites is 1. The summed E-state index contributed by atoms with van der Waals surface area (Å²) in [6.45, 7) is 4.38. The van der Waals surface area contributed by atoms with E-state index in [0.717, 1.165) is 29.9 Å². The zero-order valence-electron chi connectivity index (χ0n) is 12.5. The van der Waals surface area contributed by atoms with Crippen molar-refractivity contribution in [2.75, 3.05) is 14.2 Å². The van der Waals surface area contributed by atoms with Crippen molar-refractivity contribution < 1.29 is 14.0 Å². The molecule has 0 amide bonds. The highest BCUT2D eigenvalue weighted by Crippen LogP contribution is 2.37. The molecule has 1 unspecified atom stereocenters. The summed E-state index contributed by atoms with van der Waals surface area (Å²) in [7, 11) is 3.25. The summed E-state index contributed by atoms with van der Waals surface area (Å²) in [6.07, 6.45) is 2.02. The molecule has 4 heteroatoms. The fourth-order valence-electron chi connectivity index (χ4n) is 2.11. The maximum absolute atomic E-state index is 5.43. The summed E-state index contributed by atoms with van der Waals surface area (Å²) in [5.41, 5.74) is 1.66. The molecule has 0 aliphatic carbocycles. The molecule has 1 heterocycles. The quantitative estimate of drug-likeness (QED) is 0.800. The molecular formula is C16H21NO3. The first-order valence-corrected chi connectivity index (χ1v) is 6.86. The van der Waals surface area contributed by atoms with E-state index >= 15 is 0 Å². The standard InChI is InChI=1S/C16H21NO3/c1-5-11(2)9-12-10-14(17-20-12)13-7-6-8-15(18-3)16(13)19-4/h6-8,10-11H,5,9H2,1-4H3. The molecule has 0 spiro atoms. The van der Waals surface area contributed by atoms with Crippen molar-refractivity contribution in [3.63, 3.8) is 0 Å². The maximum atomic E-state index is 5.43. The van der Waals surface area contributed by atoms with Crippen molar-refractivity contribution in [3.8, 4) is 22.8 Å². The third-order valence-corrected chi connectivity index (χ3v) is 3.48. The van der Waals surface area contributed by atoms with Crippen LogP contribution in [0.2, 0.25) is 0 Å². The van der Waals surface area contributed by atoms with Gasteiger partial charge in [-0.2, -0.15) is 0 Å². The Balaban J connectivity index is 2.32. The van der Waals surface area contributed by atoms with Crippen LogP contribution in [0, 0.1) is 5.92 Å². The Morgan fingerprint density at radius 2 is 2.05 bits per heavy atom. The normalized spacial score (nSPS) is 12.2. The average Bonchev–Trinajstić information content (AvgIpc) is 2.94. The summed E-state index contributed by atoms with van der Waals surface area (Å²) >= 11 is 0. The van der Waals surface area contributed by atoms with E-state index in [4.69, 9.17) is 14.0 Å². The molecule has 0 N–H and O–H groups in total. The van der Waals surface area contributed by atoms with Gasteiger partial charge in [0.2, 0.25) is 0 Å². The molecule has 1 atom stereocenters. The van der Waals surface area contributed by atoms with E-state index in [0.29, 0.717) is 17.4 Å². The zero-order valence-corrected chi connectivity index (χ0v) is 12.5. The molecule has 0 saturated carbocycles. The lowest BCUT2D eigenvalue weighted by Crippen LogP contribution is -1.95. The van der Waals surface area contributed by atoms with Gasteiger partial charge in [0.05, 0.1) is 14.2 Å². The number of rotatable bonds is 6. The Bertz CT molecular complexity index is 563. The molecule has 2 aromatic rings. The largest absolute Gasteiger partial charge is 0.493 e. The molecule has 0 fully saturated rings. The van der Waals surface area contributed by atoms with E-state index in [9.17, 15) is 0 Å². The van der Waals surface area contributed by atoms with Crippen LogP contribution in [-0.4, -0.2) is 19.4 Å². The Kier molecular flexibility index (Phi) is 4.66. The second-order valence-corrected chi connectivity index (χ2v) is 4.94. The van der Waals surface area contributed by atoms with Gasteiger partial charge in [-0.15, -0.1) is 0 Å². The van der Waals surface area contributed by atoms with Gasteiger partial charge in [0.25, 0.3) is 0 Å². The molecule has 0 radical (unpaired) electrons. The van der Waals surface area contributed by atoms with E-state index in [1.54, 1.807) is 14.2 Å². The summed E-state index contributed by atoms with van der Waals surface area (Å²) in [5, 5.41) is 4.15. The first kappa shape index (κ1) is 14.4. The lowest BCUT2D eigenvalue weighted by molar-refractivity contribution is 0.353. The van der Waals surface area contributed by atoms with Crippen LogP contribution in [-0.2, 0) is 6.42 Å². The molecule has 0 aliphatic heterocycles. The lowest BCUT2D eigenvalue weighted by atomic mass is 10.0. The predicted octanol–water partition coefficient (Wildman–Crippen LogP) is 3.95. The summed E-state index contributed by atoms with van der Waals surface area (Å²) < 4.78 is 16.1. The minimum atomic E-state index is 0.586. The van der Waals surface area contributed by atoms with Crippen LogP contribution in [0.1, 0.15) is 26.0 Å². The first-order valence-electron chi connectivity index (χ1n) is 6.86. The minimum Gasteiger partial charge on any atom is -0.493 e. The van der Waals surface area contributed by atoms with Crippen LogP contribution in [0.5, 0.6) is 11.5 Å². The molecule has 1 aromatic heterocycles. The third kappa shape index (κ3) is 2.95. The second kappa shape index (κ2) is 6.46. The van der Waals surface area contributed by atoms with Gasteiger partial charge in [0.15, 0.2) is 11.5 Å². The lowest BCUT2D eigenvalue weighted by Gasteiger charge is -2.10. The second-order valence-electron chi connectivity index (χ2n) is 4.94. The van der Waals surface area contributed by atoms with Gasteiger partial charge in [0.1, 0.15) is 11.5 Å². The summed E-state index contributed by atoms with van der Waals surface area (Å²) in [6, 6.07) is 7.71.